The Bertz CT molecular complexity index is 2250. The van der Waals surface area contributed by atoms with E-state index < -0.39 is 0 Å². The quantitative estimate of drug-likeness (QED) is 0.182. The lowest BCUT2D eigenvalue weighted by atomic mass is 9.48. The average Bonchev–Trinajstić information content (AvgIpc) is 3.64. The summed E-state index contributed by atoms with van der Waals surface area (Å²) < 4.78 is 5.51. The van der Waals surface area contributed by atoms with Gasteiger partial charge in [0.1, 0.15) is 5.52 Å². The summed E-state index contributed by atoms with van der Waals surface area (Å²) in [4.78, 5) is 14.7. The molecule has 4 aliphatic carbocycles. The molecule has 5 aromatic carbocycles. The fourth-order valence-corrected chi connectivity index (χ4v) is 9.71. The van der Waals surface area contributed by atoms with Crippen LogP contribution in [0.4, 0.5) is 0 Å². The van der Waals surface area contributed by atoms with Crippen LogP contribution in [0.2, 0.25) is 0 Å². The number of fused-ring (bicyclic) bond motifs is 1. The fourth-order valence-electron chi connectivity index (χ4n) is 9.71. The van der Waals surface area contributed by atoms with Crippen molar-refractivity contribution < 1.29 is 4.42 Å². The summed E-state index contributed by atoms with van der Waals surface area (Å²) in [6.45, 7) is 0. The minimum absolute atomic E-state index is 0.387. The summed E-state index contributed by atoms with van der Waals surface area (Å²) in [6, 6.07) is 45.4. The predicted octanol–water partition coefficient (Wildman–Crippen LogP) is 11.4. The highest BCUT2D eigenvalue weighted by Gasteiger charge is 2.51. The first kappa shape index (κ1) is 28.6. The highest BCUT2D eigenvalue weighted by molar-refractivity contribution is 5.91. The fraction of sp³-hybridized carbons (Fsp3) is 0.222. The monoisotopic (exact) mass is 635 g/mol. The predicted molar refractivity (Wildman–Crippen MR) is 197 cm³/mol. The van der Waals surface area contributed by atoms with Gasteiger partial charge in [-0.15, -0.1) is 0 Å². The van der Waals surface area contributed by atoms with Crippen molar-refractivity contribution in [1.82, 2.24) is 15.0 Å². The van der Waals surface area contributed by atoms with Crippen LogP contribution in [0.3, 0.4) is 0 Å². The van der Waals surface area contributed by atoms with Crippen LogP contribution in [-0.2, 0) is 5.41 Å². The average molecular weight is 636 g/mol. The summed E-state index contributed by atoms with van der Waals surface area (Å²) in [7, 11) is 0. The third kappa shape index (κ3) is 5.09. The molecule has 238 valence electrons. The molecule has 0 unspecified atom stereocenters. The Hall–Kier alpha value is -5.35. The van der Waals surface area contributed by atoms with Gasteiger partial charge in [0.15, 0.2) is 17.8 Å². The van der Waals surface area contributed by atoms with E-state index in [0.29, 0.717) is 5.41 Å². The molecule has 4 heteroatoms. The Kier molecular flexibility index (Phi) is 6.65. The van der Waals surface area contributed by atoms with Crippen LogP contribution in [-0.4, -0.2) is 15.0 Å². The van der Waals surface area contributed by atoms with Crippen LogP contribution in [0, 0.1) is 17.8 Å². The molecule has 4 bridgehead atoms. The maximum Gasteiger partial charge on any atom is 0.182 e. The third-order valence-electron chi connectivity index (χ3n) is 11.7. The van der Waals surface area contributed by atoms with E-state index in [0.717, 1.165) is 85.0 Å². The summed E-state index contributed by atoms with van der Waals surface area (Å²) in [5.74, 6) is 3.58. The minimum atomic E-state index is 0.387. The van der Waals surface area contributed by atoms with Gasteiger partial charge in [-0.1, -0.05) is 115 Å². The maximum absolute atomic E-state index is 5.51. The molecular formula is C45H37N3O. The number of rotatable bonds is 6. The van der Waals surface area contributed by atoms with E-state index in [4.69, 9.17) is 14.4 Å². The van der Waals surface area contributed by atoms with Crippen molar-refractivity contribution >= 4 is 11.1 Å². The zero-order valence-electron chi connectivity index (χ0n) is 27.4. The maximum atomic E-state index is 5.51. The molecule has 4 nitrogen and oxygen atoms in total. The number of hydrogen-bond donors (Lipinski definition) is 0. The molecule has 49 heavy (non-hydrogen) atoms. The Morgan fingerprint density at radius 2 is 1.06 bits per heavy atom. The Morgan fingerprint density at radius 1 is 0.510 bits per heavy atom. The van der Waals surface area contributed by atoms with Gasteiger partial charge in [0.25, 0.3) is 0 Å². The lowest BCUT2D eigenvalue weighted by Gasteiger charge is -2.57. The first-order chi connectivity index (χ1) is 24.2. The number of hydrogen-bond acceptors (Lipinski definition) is 4. The second kappa shape index (κ2) is 11.4. The van der Waals surface area contributed by atoms with Gasteiger partial charge < -0.3 is 4.42 Å². The highest BCUT2D eigenvalue weighted by atomic mass is 16.3. The SMILES string of the molecule is c1ccc(-c2cc(-c3ccc(-c4ccc(-c5cccc6ocnc56)cc4)cc3)nc(-c3ccc(C45CC6CC(CC(C6)C4)C5)cc3)n2)cc1. The van der Waals surface area contributed by atoms with E-state index in [2.05, 4.69) is 120 Å². The molecule has 0 N–H and O–H groups in total. The standard InChI is InChI=1S/C45H37N3O/c1-2-5-35(6-3-1)40-24-41(48-44(47-40)37-17-19-38(20-18-37)45-25-29-21-30(26-45)23-31(22-29)27-45)36-15-11-33(12-16-36)32-9-13-34(14-10-32)39-7-4-8-42-43(39)46-28-49-42/h1-20,24,28-31H,21-23,25-27H2. The van der Waals surface area contributed by atoms with E-state index >= 15 is 0 Å². The lowest BCUT2D eigenvalue weighted by molar-refractivity contribution is -0.00518. The van der Waals surface area contributed by atoms with E-state index in [9.17, 15) is 0 Å². The Morgan fingerprint density at radius 3 is 1.69 bits per heavy atom. The Labute approximate surface area is 286 Å². The van der Waals surface area contributed by atoms with Gasteiger partial charge in [0.2, 0.25) is 0 Å². The van der Waals surface area contributed by atoms with Crippen LogP contribution in [0.1, 0.15) is 44.1 Å². The van der Waals surface area contributed by atoms with Crippen molar-refractivity contribution in [3.05, 3.63) is 139 Å². The van der Waals surface area contributed by atoms with E-state index in [1.54, 1.807) is 0 Å². The number of nitrogens with zero attached hydrogens (tertiary/aromatic N) is 3. The number of oxazole rings is 1. The minimum Gasteiger partial charge on any atom is -0.443 e. The second-order valence-electron chi connectivity index (χ2n) is 14.8. The molecule has 7 aromatic rings. The van der Waals surface area contributed by atoms with Gasteiger partial charge in [-0.3, -0.25) is 0 Å². The van der Waals surface area contributed by atoms with Crippen molar-refractivity contribution in [3.8, 4) is 56.2 Å². The van der Waals surface area contributed by atoms with E-state index in [1.165, 1.54) is 50.5 Å². The molecule has 0 atom stereocenters. The first-order valence-corrected chi connectivity index (χ1v) is 17.7. The summed E-state index contributed by atoms with van der Waals surface area (Å²) >= 11 is 0. The van der Waals surface area contributed by atoms with Gasteiger partial charge in [-0.25, -0.2) is 15.0 Å². The summed E-state index contributed by atoms with van der Waals surface area (Å²) in [5.41, 5.74) is 13.2. The van der Waals surface area contributed by atoms with Gasteiger partial charge >= 0.3 is 0 Å². The van der Waals surface area contributed by atoms with Crippen LogP contribution in [0.25, 0.3) is 67.3 Å². The van der Waals surface area contributed by atoms with Crippen molar-refractivity contribution in [2.75, 3.05) is 0 Å². The van der Waals surface area contributed by atoms with Gasteiger partial charge in [-0.2, -0.15) is 0 Å². The van der Waals surface area contributed by atoms with Crippen LogP contribution >= 0.6 is 0 Å². The molecule has 0 radical (unpaired) electrons. The second-order valence-corrected chi connectivity index (χ2v) is 14.8. The molecular weight excluding hydrogens is 599 g/mol. The van der Waals surface area contributed by atoms with Crippen molar-refractivity contribution in [3.63, 3.8) is 0 Å². The molecule has 4 fully saturated rings. The number of aromatic nitrogens is 3. The highest BCUT2D eigenvalue weighted by Crippen LogP contribution is 2.60. The molecule has 0 aliphatic heterocycles. The topological polar surface area (TPSA) is 51.8 Å². The number of benzene rings is 5. The molecule has 4 aliphatic rings. The molecule has 0 saturated heterocycles. The van der Waals surface area contributed by atoms with Gasteiger partial charge in [-0.05, 0) is 96.1 Å². The Balaban J connectivity index is 0.963. The van der Waals surface area contributed by atoms with E-state index in [1.807, 2.05) is 12.1 Å². The zero-order chi connectivity index (χ0) is 32.4. The van der Waals surface area contributed by atoms with Crippen LogP contribution < -0.4 is 0 Å². The molecule has 0 amide bonds. The van der Waals surface area contributed by atoms with Gasteiger partial charge in [0.05, 0.1) is 11.4 Å². The molecule has 0 spiro atoms. The lowest BCUT2D eigenvalue weighted by Crippen LogP contribution is -2.48. The number of para-hydroxylation sites is 1. The summed E-state index contributed by atoms with van der Waals surface area (Å²) in [5, 5.41) is 0. The molecule has 2 aromatic heterocycles. The van der Waals surface area contributed by atoms with Crippen molar-refractivity contribution in [2.24, 2.45) is 17.8 Å². The van der Waals surface area contributed by atoms with Gasteiger partial charge in [0, 0.05) is 22.3 Å². The molecule has 2 heterocycles. The normalized spacial score (nSPS) is 22.5. The van der Waals surface area contributed by atoms with Crippen LogP contribution in [0.5, 0.6) is 0 Å². The third-order valence-corrected chi connectivity index (χ3v) is 11.7. The largest absolute Gasteiger partial charge is 0.443 e. The van der Waals surface area contributed by atoms with Crippen molar-refractivity contribution in [1.29, 1.82) is 0 Å². The molecule has 4 saturated carbocycles. The van der Waals surface area contributed by atoms with Crippen molar-refractivity contribution in [2.45, 2.75) is 43.9 Å². The van der Waals surface area contributed by atoms with Crippen LogP contribution in [0.15, 0.2) is 138 Å². The van der Waals surface area contributed by atoms with E-state index in [-0.39, 0.29) is 0 Å². The summed E-state index contributed by atoms with van der Waals surface area (Å²) in [6.07, 6.45) is 10.0. The molecule has 11 rings (SSSR count). The zero-order valence-corrected chi connectivity index (χ0v) is 27.4. The smallest absolute Gasteiger partial charge is 0.182 e. The first-order valence-electron chi connectivity index (χ1n) is 17.7.